The molecule has 7 nitrogen and oxygen atoms in total. The maximum Gasteiger partial charge on any atom is 0.269 e. The molecule has 23 heavy (non-hydrogen) atoms. The zero-order valence-electron chi connectivity index (χ0n) is 12.5. The molecule has 1 aromatic rings. The highest BCUT2D eigenvalue weighted by molar-refractivity contribution is 9.10. The van der Waals surface area contributed by atoms with E-state index >= 15 is 0 Å². The van der Waals surface area contributed by atoms with Crippen molar-refractivity contribution < 1.29 is 14.4 Å². The molecule has 2 rings (SSSR count). The summed E-state index contributed by atoms with van der Waals surface area (Å²) in [5, 5.41) is 3.87. The lowest BCUT2D eigenvalue weighted by molar-refractivity contribution is -0.131. The minimum atomic E-state index is -0.855. The van der Waals surface area contributed by atoms with Gasteiger partial charge in [-0.15, -0.1) is 0 Å². The molecule has 1 fully saturated rings. The van der Waals surface area contributed by atoms with E-state index in [1.54, 1.807) is 24.3 Å². The Bertz CT molecular complexity index is 664. The topological polar surface area (TPSA) is 81.8 Å². The molecule has 0 bridgehead atoms. The van der Waals surface area contributed by atoms with Crippen LogP contribution in [0.2, 0.25) is 0 Å². The van der Waals surface area contributed by atoms with Crippen LogP contribution in [0, 0.1) is 0 Å². The highest BCUT2D eigenvalue weighted by Gasteiger charge is 2.42. The van der Waals surface area contributed by atoms with Gasteiger partial charge in [0.05, 0.1) is 6.42 Å². The van der Waals surface area contributed by atoms with Gasteiger partial charge in [0, 0.05) is 24.1 Å². The molecular formula is C14H15BrN4O3S. The highest BCUT2D eigenvalue weighted by Crippen LogP contribution is 2.18. The van der Waals surface area contributed by atoms with E-state index in [2.05, 4.69) is 26.7 Å². The van der Waals surface area contributed by atoms with E-state index in [9.17, 15) is 14.4 Å². The van der Waals surface area contributed by atoms with Crippen molar-refractivity contribution in [2.24, 2.45) is 0 Å². The Morgan fingerprint density at radius 3 is 2.48 bits per heavy atom. The first-order valence-corrected chi connectivity index (χ1v) is 7.93. The first-order chi connectivity index (χ1) is 10.8. The SMILES string of the molecule is CNC(=O)CC1C(=O)N(C)C(=S)N1NC(=O)c1ccc(Br)cc1. The van der Waals surface area contributed by atoms with Gasteiger partial charge in [-0.25, -0.2) is 5.01 Å². The van der Waals surface area contributed by atoms with Crippen molar-refractivity contribution in [1.82, 2.24) is 20.7 Å². The monoisotopic (exact) mass is 398 g/mol. The minimum absolute atomic E-state index is 0.0968. The number of hydrogen-bond acceptors (Lipinski definition) is 4. The molecule has 2 N–H and O–H groups in total. The Hall–Kier alpha value is -2.00. The molecule has 3 amide bonds. The van der Waals surface area contributed by atoms with Crippen molar-refractivity contribution in [3.8, 4) is 0 Å². The predicted molar refractivity (Wildman–Crippen MR) is 91.3 cm³/mol. The Morgan fingerprint density at radius 2 is 1.91 bits per heavy atom. The Morgan fingerprint density at radius 1 is 1.30 bits per heavy atom. The Balaban J connectivity index is 2.18. The number of carbonyl (C=O) groups is 3. The average Bonchev–Trinajstić information content (AvgIpc) is 2.73. The Kier molecular flexibility index (Phi) is 5.32. The molecule has 0 aliphatic carbocycles. The maximum atomic E-state index is 12.3. The molecule has 9 heteroatoms. The van der Waals surface area contributed by atoms with Crippen LogP contribution in [-0.4, -0.2) is 52.9 Å². The summed E-state index contributed by atoms with van der Waals surface area (Å²) in [4.78, 5) is 37.3. The van der Waals surface area contributed by atoms with Crippen molar-refractivity contribution in [2.45, 2.75) is 12.5 Å². The van der Waals surface area contributed by atoms with Crippen molar-refractivity contribution in [1.29, 1.82) is 0 Å². The fourth-order valence-corrected chi connectivity index (χ4v) is 2.61. The van der Waals surface area contributed by atoms with E-state index in [-0.39, 0.29) is 23.3 Å². The molecule has 0 saturated carbocycles. The van der Waals surface area contributed by atoms with Crippen molar-refractivity contribution in [2.75, 3.05) is 14.1 Å². The molecule has 1 aliphatic heterocycles. The zero-order chi connectivity index (χ0) is 17.1. The lowest BCUT2D eigenvalue weighted by atomic mass is 10.2. The van der Waals surface area contributed by atoms with Crippen LogP contribution in [0.5, 0.6) is 0 Å². The molecule has 1 saturated heterocycles. The summed E-state index contributed by atoms with van der Waals surface area (Å²) in [7, 11) is 2.99. The lowest BCUT2D eigenvalue weighted by Crippen LogP contribution is -2.49. The van der Waals surface area contributed by atoms with Crippen LogP contribution in [-0.2, 0) is 9.59 Å². The van der Waals surface area contributed by atoms with E-state index in [1.165, 1.54) is 24.0 Å². The summed E-state index contributed by atoms with van der Waals surface area (Å²) in [5.41, 5.74) is 3.01. The van der Waals surface area contributed by atoms with Crippen LogP contribution >= 0.6 is 28.1 Å². The fourth-order valence-electron chi connectivity index (χ4n) is 2.08. The summed E-state index contributed by atoms with van der Waals surface area (Å²) >= 11 is 8.47. The third-order valence-corrected chi connectivity index (χ3v) is 4.41. The molecule has 1 aromatic carbocycles. The fraction of sp³-hybridized carbons (Fsp3) is 0.286. The molecule has 1 atom stereocenters. The number of nitrogens with zero attached hydrogens (tertiary/aromatic N) is 2. The second-order valence-corrected chi connectivity index (χ2v) is 6.17. The molecule has 122 valence electrons. The number of nitrogens with one attached hydrogen (secondary N) is 2. The summed E-state index contributed by atoms with van der Waals surface area (Å²) in [6, 6.07) is 5.88. The van der Waals surface area contributed by atoms with E-state index in [1.807, 2.05) is 0 Å². The number of thiocarbonyl (C=S) groups is 1. The van der Waals surface area contributed by atoms with E-state index in [0.717, 1.165) is 4.47 Å². The summed E-state index contributed by atoms with van der Waals surface area (Å²) in [6.07, 6.45) is -0.0968. The van der Waals surface area contributed by atoms with Crippen LogP contribution in [0.15, 0.2) is 28.7 Å². The van der Waals surface area contributed by atoms with E-state index < -0.39 is 11.9 Å². The first-order valence-electron chi connectivity index (χ1n) is 6.73. The van der Waals surface area contributed by atoms with Crippen molar-refractivity contribution in [3.63, 3.8) is 0 Å². The molecular weight excluding hydrogens is 384 g/mol. The third kappa shape index (κ3) is 3.67. The van der Waals surface area contributed by atoms with Crippen LogP contribution < -0.4 is 10.7 Å². The van der Waals surface area contributed by atoms with Gasteiger partial charge in [0.25, 0.3) is 11.8 Å². The summed E-state index contributed by atoms with van der Waals surface area (Å²) in [5.74, 6) is -1.07. The van der Waals surface area contributed by atoms with Gasteiger partial charge in [-0.2, -0.15) is 0 Å². The number of amides is 3. The van der Waals surface area contributed by atoms with Crippen molar-refractivity contribution >= 4 is 51.0 Å². The van der Waals surface area contributed by atoms with Crippen LogP contribution in [0.3, 0.4) is 0 Å². The normalized spacial score (nSPS) is 17.4. The number of halogens is 1. The number of carbonyl (C=O) groups excluding carboxylic acids is 3. The van der Waals surface area contributed by atoms with Crippen LogP contribution in [0.25, 0.3) is 0 Å². The first kappa shape index (κ1) is 17.4. The molecule has 1 aliphatic rings. The molecule has 0 radical (unpaired) electrons. The van der Waals surface area contributed by atoms with Gasteiger partial charge in [-0.1, -0.05) is 15.9 Å². The lowest BCUT2D eigenvalue weighted by Gasteiger charge is -2.23. The molecule has 0 aromatic heterocycles. The average molecular weight is 399 g/mol. The summed E-state index contributed by atoms with van der Waals surface area (Å²) < 4.78 is 0.846. The maximum absolute atomic E-state index is 12.3. The second kappa shape index (κ2) is 7.05. The minimum Gasteiger partial charge on any atom is -0.359 e. The van der Waals surface area contributed by atoms with Gasteiger partial charge < -0.3 is 5.32 Å². The number of rotatable bonds is 4. The van der Waals surface area contributed by atoms with Gasteiger partial charge in [-0.3, -0.25) is 24.7 Å². The zero-order valence-corrected chi connectivity index (χ0v) is 14.9. The van der Waals surface area contributed by atoms with Crippen LogP contribution in [0.1, 0.15) is 16.8 Å². The molecule has 1 heterocycles. The quantitative estimate of drug-likeness (QED) is 0.728. The number of hydrazine groups is 1. The molecule has 0 spiro atoms. The van der Waals surface area contributed by atoms with Gasteiger partial charge in [0.2, 0.25) is 5.91 Å². The smallest absolute Gasteiger partial charge is 0.269 e. The van der Waals surface area contributed by atoms with E-state index in [4.69, 9.17) is 12.2 Å². The van der Waals surface area contributed by atoms with Gasteiger partial charge in [0.15, 0.2) is 5.11 Å². The van der Waals surface area contributed by atoms with Crippen molar-refractivity contribution in [3.05, 3.63) is 34.3 Å². The highest BCUT2D eigenvalue weighted by atomic mass is 79.9. The third-order valence-electron chi connectivity index (χ3n) is 3.41. The number of hydrogen-bond donors (Lipinski definition) is 2. The standard InChI is InChI=1S/C14H15BrN4O3S/c1-16-11(20)7-10-13(22)18(2)14(23)19(10)17-12(21)8-3-5-9(15)6-4-8/h3-6,10H,7H2,1-2H3,(H,16,20)(H,17,21). The van der Waals surface area contributed by atoms with Gasteiger partial charge >= 0.3 is 0 Å². The predicted octanol–water partition coefficient (Wildman–Crippen LogP) is 0.658. The van der Waals surface area contributed by atoms with Gasteiger partial charge in [0.1, 0.15) is 6.04 Å². The largest absolute Gasteiger partial charge is 0.359 e. The van der Waals surface area contributed by atoms with E-state index in [0.29, 0.717) is 5.56 Å². The van der Waals surface area contributed by atoms with Crippen LogP contribution in [0.4, 0.5) is 0 Å². The number of likely N-dealkylation sites (N-methyl/N-ethyl adjacent to an activating group) is 1. The Labute approximate surface area is 147 Å². The number of benzene rings is 1. The molecule has 1 unspecified atom stereocenters. The summed E-state index contributed by atoms with van der Waals surface area (Å²) in [6.45, 7) is 0. The second-order valence-electron chi connectivity index (χ2n) is 4.89. The van der Waals surface area contributed by atoms with Gasteiger partial charge in [-0.05, 0) is 36.5 Å².